The first-order valence-corrected chi connectivity index (χ1v) is 13.4. The number of benzene rings is 2. The van der Waals surface area contributed by atoms with E-state index in [2.05, 4.69) is 50.2 Å². The van der Waals surface area contributed by atoms with E-state index in [0.717, 1.165) is 37.6 Å². The van der Waals surface area contributed by atoms with Gasteiger partial charge in [0.05, 0.1) is 13.2 Å². The van der Waals surface area contributed by atoms with E-state index in [1.54, 1.807) is 0 Å². The summed E-state index contributed by atoms with van der Waals surface area (Å²) >= 11 is 1.84. The van der Waals surface area contributed by atoms with Gasteiger partial charge in [-0.25, -0.2) is 0 Å². The third-order valence-corrected chi connectivity index (χ3v) is 7.08. The molecule has 3 rings (SSSR count). The molecule has 0 bridgehead atoms. The van der Waals surface area contributed by atoms with Gasteiger partial charge in [-0.15, -0.1) is 11.3 Å². The SMILES string of the molecule is CCCCCCCCOc1cccc2sc3cccc(OCCCCCCCC)c3c12. The van der Waals surface area contributed by atoms with Gasteiger partial charge < -0.3 is 9.47 Å². The average Bonchev–Trinajstić information content (AvgIpc) is 3.18. The first-order chi connectivity index (χ1) is 15.3. The van der Waals surface area contributed by atoms with Crippen molar-refractivity contribution in [3.8, 4) is 11.5 Å². The molecule has 31 heavy (non-hydrogen) atoms. The topological polar surface area (TPSA) is 18.5 Å². The van der Waals surface area contributed by atoms with E-state index in [4.69, 9.17) is 9.47 Å². The number of fused-ring (bicyclic) bond motifs is 3. The Morgan fingerprint density at radius 3 is 1.42 bits per heavy atom. The highest BCUT2D eigenvalue weighted by atomic mass is 32.1. The van der Waals surface area contributed by atoms with E-state index in [1.807, 2.05) is 11.3 Å². The minimum atomic E-state index is 0.795. The van der Waals surface area contributed by atoms with Crippen molar-refractivity contribution in [2.75, 3.05) is 13.2 Å². The molecule has 0 aliphatic heterocycles. The molecule has 0 amide bonds. The molecule has 0 aliphatic rings. The van der Waals surface area contributed by atoms with Crippen LogP contribution in [0.4, 0.5) is 0 Å². The minimum absolute atomic E-state index is 0.795. The first kappa shape index (κ1) is 23.9. The van der Waals surface area contributed by atoms with E-state index in [0.29, 0.717) is 0 Å². The Hall–Kier alpha value is -1.74. The van der Waals surface area contributed by atoms with E-state index in [9.17, 15) is 0 Å². The van der Waals surface area contributed by atoms with Crippen molar-refractivity contribution in [1.29, 1.82) is 0 Å². The highest BCUT2D eigenvalue weighted by Crippen LogP contribution is 2.43. The number of thiophene rings is 1. The molecule has 3 aromatic rings. The Morgan fingerprint density at radius 1 is 0.548 bits per heavy atom. The second kappa shape index (κ2) is 13.6. The molecule has 0 N–H and O–H groups in total. The lowest BCUT2D eigenvalue weighted by Crippen LogP contribution is -1.99. The lowest BCUT2D eigenvalue weighted by atomic mass is 10.1. The molecular formula is C28H40O2S. The molecule has 0 fully saturated rings. The monoisotopic (exact) mass is 440 g/mol. The van der Waals surface area contributed by atoms with Crippen LogP contribution in [0, 0.1) is 0 Å². The number of unbranched alkanes of at least 4 members (excludes halogenated alkanes) is 10. The van der Waals surface area contributed by atoms with Crippen LogP contribution in [0.5, 0.6) is 11.5 Å². The van der Waals surface area contributed by atoms with Crippen molar-refractivity contribution < 1.29 is 9.47 Å². The normalized spacial score (nSPS) is 11.4. The van der Waals surface area contributed by atoms with Crippen molar-refractivity contribution >= 4 is 31.5 Å². The maximum Gasteiger partial charge on any atom is 0.128 e. The van der Waals surface area contributed by atoms with Crippen molar-refractivity contribution in [3.05, 3.63) is 36.4 Å². The van der Waals surface area contributed by atoms with Crippen LogP contribution in [-0.4, -0.2) is 13.2 Å². The van der Waals surface area contributed by atoms with E-state index >= 15 is 0 Å². The van der Waals surface area contributed by atoms with Crippen LogP contribution in [0.25, 0.3) is 20.2 Å². The second-order valence-electron chi connectivity index (χ2n) is 8.59. The van der Waals surface area contributed by atoms with Gasteiger partial charge in [-0.1, -0.05) is 90.2 Å². The smallest absolute Gasteiger partial charge is 0.128 e. The molecule has 0 radical (unpaired) electrons. The molecule has 0 unspecified atom stereocenters. The van der Waals surface area contributed by atoms with E-state index in [1.165, 1.54) is 84.4 Å². The van der Waals surface area contributed by atoms with Gasteiger partial charge in [-0.05, 0) is 37.1 Å². The van der Waals surface area contributed by atoms with Crippen molar-refractivity contribution in [1.82, 2.24) is 0 Å². The molecule has 0 spiro atoms. The Labute approximate surface area is 193 Å². The fourth-order valence-electron chi connectivity index (χ4n) is 4.17. The highest BCUT2D eigenvalue weighted by molar-refractivity contribution is 7.26. The van der Waals surface area contributed by atoms with Gasteiger partial charge >= 0.3 is 0 Å². The molecule has 3 heteroatoms. The summed E-state index contributed by atoms with van der Waals surface area (Å²) in [7, 11) is 0. The van der Waals surface area contributed by atoms with Gasteiger partial charge in [0.25, 0.3) is 0 Å². The molecular weight excluding hydrogens is 400 g/mol. The third-order valence-electron chi connectivity index (χ3n) is 5.96. The van der Waals surface area contributed by atoms with Gasteiger partial charge in [0.1, 0.15) is 11.5 Å². The van der Waals surface area contributed by atoms with Crippen molar-refractivity contribution in [2.45, 2.75) is 90.9 Å². The third kappa shape index (κ3) is 7.14. The summed E-state index contributed by atoms with van der Waals surface area (Å²) in [6, 6.07) is 12.9. The molecule has 0 saturated carbocycles. The average molecular weight is 441 g/mol. The Morgan fingerprint density at radius 2 is 0.968 bits per heavy atom. The largest absolute Gasteiger partial charge is 0.493 e. The number of hydrogen-bond acceptors (Lipinski definition) is 3. The highest BCUT2D eigenvalue weighted by Gasteiger charge is 2.14. The quantitative estimate of drug-likeness (QED) is 0.206. The summed E-state index contributed by atoms with van der Waals surface area (Å²) in [5, 5.41) is 2.46. The summed E-state index contributed by atoms with van der Waals surface area (Å²) in [4.78, 5) is 0. The molecule has 0 saturated heterocycles. The summed E-state index contributed by atoms with van der Waals surface area (Å²) in [5.74, 6) is 2.01. The second-order valence-corrected chi connectivity index (χ2v) is 9.68. The van der Waals surface area contributed by atoms with Gasteiger partial charge in [0, 0.05) is 20.2 Å². The zero-order valence-electron chi connectivity index (χ0n) is 19.6. The van der Waals surface area contributed by atoms with Gasteiger partial charge in [-0.3, -0.25) is 0 Å². The van der Waals surface area contributed by atoms with Crippen molar-refractivity contribution in [2.24, 2.45) is 0 Å². The van der Waals surface area contributed by atoms with Gasteiger partial charge in [0.15, 0.2) is 0 Å². The van der Waals surface area contributed by atoms with Crippen LogP contribution in [0.15, 0.2) is 36.4 Å². The predicted octanol–water partition coefficient (Wildman–Crippen LogP) is 9.53. The van der Waals surface area contributed by atoms with E-state index < -0.39 is 0 Å². The fraction of sp³-hybridized carbons (Fsp3) is 0.571. The predicted molar refractivity (Wildman–Crippen MR) is 137 cm³/mol. The molecule has 2 nitrogen and oxygen atoms in total. The van der Waals surface area contributed by atoms with Crippen LogP contribution in [0.3, 0.4) is 0 Å². The zero-order chi connectivity index (χ0) is 21.7. The summed E-state index contributed by atoms with van der Waals surface area (Å²) in [6.07, 6.45) is 15.4. The summed E-state index contributed by atoms with van der Waals surface area (Å²) < 4.78 is 15.1. The molecule has 170 valence electrons. The number of hydrogen-bond donors (Lipinski definition) is 0. The zero-order valence-corrected chi connectivity index (χ0v) is 20.4. The van der Waals surface area contributed by atoms with Crippen molar-refractivity contribution in [3.63, 3.8) is 0 Å². The fourth-order valence-corrected chi connectivity index (χ4v) is 5.31. The van der Waals surface area contributed by atoms with E-state index in [-0.39, 0.29) is 0 Å². The van der Waals surface area contributed by atoms with Crippen LogP contribution in [0.2, 0.25) is 0 Å². The maximum atomic E-state index is 6.28. The summed E-state index contributed by atoms with van der Waals surface area (Å²) in [6.45, 7) is 6.12. The van der Waals surface area contributed by atoms with Crippen LogP contribution in [0.1, 0.15) is 90.9 Å². The Kier molecular flexibility index (Phi) is 10.5. The maximum absolute atomic E-state index is 6.28. The molecule has 1 aromatic heterocycles. The molecule has 0 atom stereocenters. The van der Waals surface area contributed by atoms with Crippen LogP contribution < -0.4 is 9.47 Å². The Balaban J connectivity index is 1.63. The van der Waals surface area contributed by atoms with Gasteiger partial charge in [0.2, 0.25) is 0 Å². The standard InChI is InChI=1S/C28H40O2S/c1-3-5-7-9-11-13-21-29-23-17-15-19-25-27(23)28-24(18-16-20-26(28)31-25)30-22-14-12-10-8-6-4-2/h15-20H,3-14,21-22H2,1-2H3. The number of rotatable bonds is 16. The number of ether oxygens (including phenoxy) is 2. The molecule has 2 aromatic carbocycles. The molecule has 1 heterocycles. The van der Waals surface area contributed by atoms with Gasteiger partial charge in [-0.2, -0.15) is 0 Å². The lowest BCUT2D eigenvalue weighted by Gasteiger charge is -2.11. The Bertz CT molecular complexity index is 826. The van der Waals surface area contributed by atoms with Crippen LogP contribution >= 0.6 is 11.3 Å². The minimum Gasteiger partial charge on any atom is -0.493 e. The lowest BCUT2D eigenvalue weighted by molar-refractivity contribution is 0.305. The first-order valence-electron chi connectivity index (χ1n) is 12.5. The molecule has 0 aliphatic carbocycles. The summed E-state index contributed by atoms with van der Waals surface area (Å²) in [5.41, 5.74) is 0. The van der Waals surface area contributed by atoms with Crippen LogP contribution in [-0.2, 0) is 0 Å².